The number of H-pyrrole nitrogens is 1. The second kappa shape index (κ2) is 8.39. The van der Waals surface area contributed by atoms with Gasteiger partial charge in [0.2, 0.25) is 5.43 Å². The summed E-state index contributed by atoms with van der Waals surface area (Å²) in [4.78, 5) is 39.9. The maximum absolute atomic E-state index is 12.6. The lowest BCUT2D eigenvalue weighted by molar-refractivity contribution is 0.102. The third kappa shape index (κ3) is 4.03. The van der Waals surface area contributed by atoms with Crippen molar-refractivity contribution in [3.63, 3.8) is 0 Å². The number of aromatic nitrogens is 1. The molecule has 0 saturated carbocycles. The Kier molecular flexibility index (Phi) is 5.74. The molecule has 1 heterocycles. The zero-order valence-electron chi connectivity index (χ0n) is 15.7. The summed E-state index contributed by atoms with van der Waals surface area (Å²) in [7, 11) is 0. The summed E-state index contributed by atoms with van der Waals surface area (Å²) in [6, 6.07) is 12.2. The topological polar surface area (TPSA) is 100 Å². The standard InChI is InChI=1S/C21H21N3O4/c1-3-13-9-10-14(11-18(13)24-21(27)28-4-2)23-20(26)16-12-22-17-8-6-5-7-15(17)19(16)25/h5-12H,3-4H2,1-2H3,(H,22,25)(H,23,26)(H,24,27). The van der Waals surface area contributed by atoms with Gasteiger partial charge in [-0.2, -0.15) is 0 Å². The van der Waals surface area contributed by atoms with E-state index >= 15 is 0 Å². The molecule has 0 atom stereocenters. The zero-order chi connectivity index (χ0) is 20.1. The number of amides is 2. The summed E-state index contributed by atoms with van der Waals surface area (Å²) in [5.41, 5.74) is 2.24. The molecule has 3 aromatic rings. The van der Waals surface area contributed by atoms with Gasteiger partial charge in [0.15, 0.2) is 0 Å². The maximum Gasteiger partial charge on any atom is 0.411 e. The number of pyridine rings is 1. The Balaban J connectivity index is 1.87. The number of nitrogens with one attached hydrogen (secondary N) is 3. The predicted octanol–water partition coefficient (Wildman–Crippen LogP) is 3.91. The van der Waals surface area contributed by atoms with Crippen LogP contribution >= 0.6 is 0 Å². The Morgan fingerprint density at radius 1 is 1.07 bits per heavy atom. The molecule has 28 heavy (non-hydrogen) atoms. The highest BCUT2D eigenvalue weighted by Gasteiger charge is 2.14. The van der Waals surface area contributed by atoms with Gasteiger partial charge in [0.05, 0.1) is 6.61 Å². The van der Waals surface area contributed by atoms with E-state index in [-0.39, 0.29) is 17.6 Å². The van der Waals surface area contributed by atoms with Gasteiger partial charge in [0.1, 0.15) is 5.56 Å². The summed E-state index contributed by atoms with van der Waals surface area (Å²) in [5.74, 6) is -0.529. The van der Waals surface area contributed by atoms with Gasteiger partial charge in [-0.1, -0.05) is 25.1 Å². The van der Waals surface area contributed by atoms with Crippen molar-refractivity contribution < 1.29 is 14.3 Å². The molecule has 7 heteroatoms. The van der Waals surface area contributed by atoms with E-state index in [1.54, 1.807) is 37.3 Å². The number of rotatable bonds is 5. The molecule has 0 unspecified atom stereocenters. The molecule has 0 fully saturated rings. The smallest absolute Gasteiger partial charge is 0.411 e. The van der Waals surface area contributed by atoms with Crippen LogP contribution in [0.15, 0.2) is 53.5 Å². The number of fused-ring (bicyclic) bond motifs is 1. The molecule has 7 nitrogen and oxygen atoms in total. The summed E-state index contributed by atoms with van der Waals surface area (Å²) in [5, 5.41) is 5.83. The molecule has 0 aliphatic rings. The highest BCUT2D eigenvalue weighted by molar-refractivity contribution is 6.06. The van der Waals surface area contributed by atoms with Gasteiger partial charge in [0.25, 0.3) is 5.91 Å². The number of aromatic amines is 1. The van der Waals surface area contributed by atoms with E-state index in [4.69, 9.17) is 4.74 Å². The Bertz CT molecular complexity index is 1090. The minimum absolute atomic E-state index is 0.0122. The van der Waals surface area contributed by atoms with Crippen molar-refractivity contribution in [1.82, 2.24) is 4.98 Å². The average molecular weight is 379 g/mol. The average Bonchev–Trinajstić information content (AvgIpc) is 2.69. The number of hydrogen-bond acceptors (Lipinski definition) is 4. The summed E-state index contributed by atoms with van der Waals surface area (Å²) in [6.45, 7) is 3.94. The fraction of sp³-hybridized carbons (Fsp3) is 0.190. The number of anilines is 2. The van der Waals surface area contributed by atoms with Crippen molar-refractivity contribution in [2.45, 2.75) is 20.3 Å². The second-order valence-electron chi connectivity index (χ2n) is 6.10. The molecule has 0 saturated heterocycles. The van der Waals surface area contributed by atoms with E-state index in [1.807, 2.05) is 19.1 Å². The molecule has 144 valence electrons. The van der Waals surface area contributed by atoms with Gasteiger partial charge in [-0.15, -0.1) is 0 Å². The van der Waals surface area contributed by atoms with E-state index < -0.39 is 12.0 Å². The minimum atomic E-state index is -0.563. The molecule has 1 aromatic heterocycles. The van der Waals surface area contributed by atoms with Gasteiger partial charge in [0, 0.05) is 28.5 Å². The molecular weight excluding hydrogens is 358 g/mol. The van der Waals surface area contributed by atoms with Crippen LogP contribution in [0.1, 0.15) is 29.8 Å². The van der Waals surface area contributed by atoms with Gasteiger partial charge < -0.3 is 15.0 Å². The number of ether oxygens (including phenoxy) is 1. The number of carbonyl (C=O) groups excluding carboxylic acids is 2. The van der Waals surface area contributed by atoms with Crippen molar-refractivity contribution in [3.8, 4) is 0 Å². The Hall–Kier alpha value is -3.61. The van der Waals surface area contributed by atoms with Crippen LogP contribution in [0.2, 0.25) is 0 Å². The van der Waals surface area contributed by atoms with Crippen LogP contribution in [0.25, 0.3) is 10.9 Å². The fourth-order valence-corrected chi connectivity index (χ4v) is 2.89. The van der Waals surface area contributed by atoms with E-state index in [2.05, 4.69) is 15.6 Å². The van der Waals surface area contributed by atoms with Crippen molar-refractivity contribution >= 4 is 34.3 Å². The number of aryl methyl sites for hydroxylation is 1. The normalized spacial score (nSPS) is 10.5. The lowest BCUT2D eigenvalue weighted by atomic mass is 10.1. The molecule has 0 spiro atoms. The highest BCUT2D eigenvalue weighted by Crippen LogP contribution is 2.22. The van der Waals surface area contributed by atoms with Crippen molar-refractivity contribution in [2.75, 3.05) is 17.2 Å². The Morgan fingerprint density at radius 3 is 2.61 bits per heavy atom. The molecule has 2 aromatic carbocycles. The quantitative estimate of drug-likeness (QED) is 0.626. The molecule has 3 rings (SSSR count). The molecule has 0 bridgehead atoms. The zero-order valence-corrected chi connectivity index (χ0v) is 15.7. The largest absolute Gasteiger partial charge is 0.450 e. The minimum Gasteiger partial charge on any atom is -0.450 e. The maximum atomic E-state index is 12.6. The van der Waals surface area contributed by atoms with Crippen molar-refractivity contribution in [1.29, 1.82) is 0 Å². The molecule has 0 aliphatic carbocycles. The lowest BCUT2D eigenvalue weighted by Crippen LogP contribution is -2.22. The Labute approximate surface area is 161 Å². The number of para-hydroxylation sites is 1. The summed E-state index contributed by atoms with van der Waals surface area (Å²) >= 11 is 0. The van der Waals surface area contributed by atoms with Crippen LogP contribution in [-0.2, 0) is 11.2 Å². The van der Waals surface area contributed by atoms with E-state index in [0.717, 1.165) is 5.56 Å². The predicted molar refractivity (Wildman–Crippen MR) is 109 cm³/mol. The highest BCUT2D eigenvalue weighted by atomic mass is 16.5. The van der Waals surface area contributed by atoms with E-state index in [0.29, 0.717) is 28.7 Å². The molecule has 0 aliphatic heterocycles. The third-order valence-electron chi connectivity index (χ3n) is 4.29. The Morgan fingerprint density at radius 2 is 1.86 bits per heavy atom. The monoisotopic (exact) mass is 379 g/mol. The second-order valence-corrected chi connectivity index (χ2v) is 6.10. The van der Waals surface area contributed by atoms with Crippen LogP contribution in [0.5, 0.6) is 0 Å². The first-order valence-corrected chi connectivity index (χ1v) is 9.02. The van der Waals surface area contributed by atoms with Crippen molar-refractivity contribution in [2.24, 2.45) is 0 Å². The number of benzene rings is 2. The van der Waals surface area contributed by atoms with Gasteiger partial charge in [-0.05, 0) is 43.2 Å². The molecule has 0 radical (unpaired) electrons. The SMILES string of the molecule is CCOC(=O)Nc1cc(NC(=O)c2c[nH]c3ccccc3c2=O)ccc1CC. The molecule has 2 amide bonds. The molecular formula is C21H21N3O4. The number of carbonyl (C=O) groups is 2. The van der Waals surface area contributed by atoms with E-state index in [1.165, 1.54) is 6.20 Å². The van der Waals surface area contributed by atoms with Crippen LogP contribution < -0.4 is 16.1 Å². The van der Waals surface area contributed by atoms with Crippen LogP contribution in [0.4, 0.5) is 16.2 Å². The first-order valence-electron chi connectivity index (χ1n) is 9.02. The van der Waals surface area contributed by atoms with E-state index in [9.17, 15) is 14.4 Å². The van der Waals surface area contributed by atoms with Gasteiger partial charge >= 0.3 is 6.09 Å². The molecule has 3 N–H and O–H groups in total. The first-order chi connectivity index (χ1) is 13.5. The van der Waals surface area contributed by atoms with Crippen LogP contribution in [0.3, 0.4) is 0 Å². The fourth-order valence-electron chi connectivity index (χ4n) is 2.89. The third-order valence-corrected chi connectivity index (χ3v) is 4.29. The van der Waals surface area contributed by atoms with Crippen LogP contribution in [-0.4, -0.2) is 23.6 Å². The van der Waals surface area contributed by atoms with Gasteiger partial charge in [-0.25, -0.2) is 4.79 Å². The van der Waals surface area contributed by atoms with Gasteiger partial charge in [-0.3, -0.25) is 14.9 Å². The lowest BCUT2D eigenvalue weighted by Gasteiger charge is -2.13. The summed E-state index contributed by atoms with van der Waals surface area (Å²) in [6.07, 6.45) is 1.53. The first kappa shape index (κ1) is 19.2. The summed E-state index contributed by atoms with van der Waals surface area (Å²) < 4.78 is 4.91. The van der Waals surface area contributed by atoms with Crippen molar-refractivity contribution in [3.05, 3.63) is 70.0 Å². The van der Waals surface area contributed by atoms with Crippen LogP contribution in [0, 0.1) is 0 Å². The number of hydrogen-bond donors (Lipinski definition) is 3.